The summed E-state index contributed by atoms with van der Waals surface area (Å²) in [7, 11) is 0. The minimum Gasteiger partial charge on any atom is -0.489 e. The van der Waals surface area contributed by atoms with E-state index in [1.807, 2.05) is 6.92 Å². The molecule has 0 radical (unpaired) electrons. The Morgan fingerprint density at radius 2 is 2.10 bits per heavy atom. The van der Waals surface area contributed by atoms with Crippen molar-refractivity contribution in [3.05, 3.63) is 29.6 Å². The summed E-state index contributed by atoms with van der Waals surface area (Å²) in [5, 5.41) is 3.62. The third kappa shape index (κ3) is 4.44. The standard InChI is InChI=1S/C18H28FNO/c1-4-10-20-16-8-6-14(5-2)12-18(16)21-17-9-7-15(19)11-13(17)3/h7,9,11,14,16,18,20H,4-6,8,10,12H2,1-3H3. The predicted octanol–water partition coefficient (Wildman–Crippen LogP) is 4.46. The fourth-order valence-electron chi connectivity index (χ4n) is 3.18. The van der Waals surface area contributed by atoms with Crippen LogP contribution in [0.3, 0.4) is 0 Å². The third-order valence-corrected chi connectivity index (χ3v) is 4.55. The van der Waals surface area contributed by atoms with E-state index in [1.165, 1.54) is 25.3 Å². The lowest BCUT2D eigenvalue weighted by molar-refractivity contribution is 0.0842. The highest BCUT2D eigenvalue weighted by Crippen LogP contribution is 2.31. The average Bonchev–Trinajstić information content (AvgIpc) is 2.48. The number of benzene rings is 1. The Labute approximate surface area is 128 Å². The van der Waals surface area contributed by atoms with E-state index in [0.29, 0.717) is 6.04 Å². The van der Waals surface area contributed by atoms with Crippen molar-refractivity contribution >= 4 is 0 Å². The summed E-state index contributed by atoms with van der Waals surface area (Å²) in [6.45, 7) is 7.38. The molecule has 1 aliphatic rings. The van der Waals surface area contributed by atoms with Crippen LogP contribution < -0.4 is 10.1 Å². The van der Waals surface area contributed by atoms with Gasteiger partial charge in [-0.15, -0.1) is 0 Å². The molecule has 3 unspecified atom stereocenters. The monoisotopic (exact) mass is 293 g/mol. The Morgan fingerprint density at radius 1 is 1.29 bits per heavy atom. The number of hydrogen-bond acceptors (Lipinski definition) is 2. The van der Waals surface area contributed by atoms with Crippen LogP contribution in [0.1, 0.15) is 51.5 Å². The first-order valence-electron chi connectivity index (χ1n) is 8.30. The Morgan fingerprint density at radius 3 is 2.76 bits per heavy atom. The van der Waals surface area contributed by atoms with Crippen molar-refractivity contribution in [2.75, 3.05) is 6.54 Å². The predicted molar refractivity (Wildman–Crippen MR) is 85.3 cm³/mol. The first-order valence-corrected chi connectivity index (χ1v) is 8.30. The normalized spacial score (nSPS) is 25.8. The van der Waals surface area contributed by atoms with Gasteiger partial charge in [0.15, 0.2) is 0 Å². The van der Waals surface area contributed by atoms with E-state index >= 15 is 0 Å². The maximum Gasteiger partial charge on any atom is 0.123 e. The molecule has 118 valence electrons. The number of nitrogens with one attached hydrogen (secondary N) is 1. The van der Waals surface area contributed by atoms with Gasteiger partial charge in [0, 0.05) is 6.04 Å². The molecule has 1 aliphatic carbocycles. The van der Waals surface area contributed by atoms with E-state index in [4.69, 9.17) is 4.74 Å². The van der Waals surface area contributed by atoms with Crippen LogP contribution in [0.4, 0.5) is 4.39 Å². The van der Waals surface area contributed by atoms with Gasteiger partial charge >= 0.3 is 0 Å². The summed E-state index contributed by atoms with van der Waals surface area (Å²) in [5.41, 5.74) is 0.878. The molecular weight excluding hydrogens is 265 g/mol. The maximum atomic E-state index is 13.2. The van der Waals surface area contributed by atoms with Crippen molar-refractivity contribution < 1.29 is 9.13 Å². The largest absolute Gasteiger partial charge is 0.489 e. The fraction of sp³-hybridized carbons (Fsp3) is 0.667. The quantitative estimate of drug-likeness (QED) is 0.836. The van der Waals surface area contributed by atoms with Crippen LogP contribution in [0.25, 0.3) is 0 Å². The molecule has 21 heavy (non-hydrogen) atoms. The third-order valence-electron chi connectivity index (χ3n) is 4.55. The summed E-state index contributed by atoms with van der Waals surface area (Å²) in [6.07, 6.45) is 6.08. The van der Waals surface area contributed by atoms with Gasteiger partial charge in [0.1, 0.15) is 17.7 Å². The maximum absolute atomic E-state index is 13.2. The van der Waals surface area contributed by atoms with Gasteiger partial charge < -0.3 is 10.1 Å². The highest BCUT2D eigenvalue weighted by molar-refractivity contribution is 5.33. The molecule has 0 spiro atoms. The molecule has 0 aromatic heterocycles. The molecule has 2 nitrogen and oxygen atoms in total. The van der Waals surface area contributed by atoms with Gasteiger partial charge in [0.05, 0.1) is 0 Å². The van der Waals surface area contributed by atoms with Crippen molar-refractivity contribution in [2.45, 2.75) is 65.0 Å². The second-order valence-electron chi connectivity index (χ2n) is 6.21. The molecule has 0 bridgehead atoms. The zero-order chi connectivity index (χ0) is 15.2. The SMILES string of the molecule is CCCNC1CCC(CC)CC1Oc1ccc(F)cc1C. The fourth-order valence-corrected chi connectivity index (χ4v) is 3.18. The van der Waals surface area contributed by atoms with Gasteiger partial charge in [-0.1, -0.05) is 20.3 Å². The topological polar surface area (TPSA) is 21.3 Å². The van der Waals surface area contributed by atoms with E-state index < -0.39 is 0 Å². The van der Waals surface area contributed by atoms with Crippen molar-refractivity contribution in [3.63, 3.8) is 0 Å². The lowest BCUT2D eigenvalue weighted by Crippen LogP contribution is -2.47. The van der Waals surface area contributed by atoms with E-state index in [0.717, 1.165) is 36.6 Å². The van der Waals surface area contributed by atoms with Crippen molar-refractivity contribution in [1.29, 1.82) is 0 Å². The first kappa shape index (κ1) is 16.3. The van der Waals surface area contributed by atoms with Gasteiger partial charge in [-0.3, -0.25) is 0 Å². The first-order chi connectivity index (χ1) is 10.1. The lowest BCUT2D eigenvalue weighted by atomic mass is 9.82. The van der Waals surface area contributed by atoms with E-state index in [2.05, 4.69) is 19.2 Å². The molecule has 0 aliphatic heterocycles. The summed E-state index contributed by atoms with van der Waals surface area (Å²) in [6, 6.07) is 5.20. The second-order valence-corrected chi connectivity index (χ2v) is 6.21. The zero-order valence-electron chi connectivity index (χ0n) is 13.5. The average molecular weight is 293 g/mol. The highest BCUT2D eigenvalue weighted by Gasteiger charge is 2.31. The van der Waals surface area contributed by atoms with E-state index in [9.17, 15) is 4.39 Å². The summed E-state index contributed by atoms with van der Waals surface area (Å²) < 4.78 is 19.5. The van der Waals surface area contributed by atoms with Crippen LogP contribution in [0.15, 0.2) is 18.2 Å². The van der Waals surface area contributed by atoms with Crippen molar-refractivity contribution in [1.82, 2.24) is 5.32 Å². The molecule has 1 N–H and O–H groups in total. The Balaban J connectivity index is 2.07. The molecule has 1 aromatic rings. The van der Waals surface area contributed by atoms with Gasteiger partial charge in [-0.2, -0.15) is 0 Å². The van der Waals surface area contributed by atoms with Crippen molar-refractivity contribution in [2.24, 2.45) is 5.92 Å². The van der Waals surface area contributed by atoms with Crippen LogP contribution in [0, 0.1) is 18.7 Å². The molecule has 0 amide bonds. The van der Waals surface area contributed by atoms with Crippen LogP contribution in [0.5, 0.6) is 5.75 Å². The molecule has 3 heteroatoms. The minimum atomic E-state index is -0.199. The zero-order valence-corrected chi connectivity index (χ0v) is 13.5. The van der Waals surface area contributed by atoms with Crippen LogP contribution >= 0.6 is 0 Å². The van der Waals surface area contributed by atoms with Gasteiger partial charge in [-0.05, 0) is 68.8 Å². The molecule has 1 fully saturated rings. The Hall–Kier alpha value is -1.09. The van der Waals surface area contributed by atoms with Crippen molar-refractivity contribution in [3.8, 4) is 5.75 Å². The van der Waals surface area contributed by atoms with Gasteiger partial charge in [0.2, 0.25) is 0 Å². The molecule has 0 saturated heterocycles. The molecule has 1 aromatic carbocycles. The Bertz CT molecular complexity index is 449. The summed E-state index contributed by atoms with van der Waals surface area (Å²) in [5.74, 6) is 1.37. The number of aryl methyl sites for hydroxylation is 1. The molecule has 3 atom stereocenters. The number of hydrogen-bond donors (Lipinski definition) is 1. The van der Waals surface area contributed by atoms with Crippen LogP contribution in [-0.4, -0.2) is 18.7 Å². The van der Waals surface area contributed by atoms with E-state index in [1.54, 1.807) is 12.1 Å². The highest BCUT2D eigenvalue weighted by atomic mass is 19.1. The molecule has 2 rings (SSSR count). The molecule has 1 saturated carbocycles. The van der Waals surface area contributed by atoms with Gasteiger partial charge in [0.25, 0.3) is 0 Å². The van der Waals surface area contributed by atoms with E-state index in [-0.39, 0.29) is 11.9 Å². The number of halogens is 1. The second kappa shape index (κ2) is 7.79. The van der Waals surface area contributed by atoms with Crippen LogP contribution in [0.2, 0.25) is 0 Å². The minimum absolute atomic E-state index is 0.194. The van der Waals surface area contributed by atoms with Crippen LogP contribution in [-0.2, 0) is 0 Å². The smallest absolute Gasteiger partial charge is 0.123 e. The molecular formula is C18H28FNO. The van der Waals surface area contributed by atoms with Gasteiger partial charge in [-0.25, -0.2) is 4.39 Å². The molecule has 0 heterocycles. The lowest BCUT2D eigenvalue weighted by Gasteiger charge is -2.37. The Kier molecular flexibility index (Phi) is 6.04. The number of ether oxygens (including phenoxy) is 1. The summed E-state index contributed by atoms with van der Waals surface area (Å²) in [4.78, 5) is 0. The number of rotatable bonds is 6. The summed E-state index contributed by atoms with van der Waals surface area (Å²) >= 11 is 0.